The smallest absolute Gasteiger partial charge is 0.254 e. The number of carbonyl (C=O) groups excluding carboxylic acids is 1. The zero-order valence-electron chi connectivity index (χ0n) is 11.8. The molecule has 2 heterocycles. The molecule has 1 atom stereocenters. The normalized spacial score (nSPS) is 17.6. The Bertz CT molecular complexity index is 683. The van der Waals surface area contributed by atoms with Crippen LogP contribution in [0.3, 0.4) is 0 Å². The summed E-state index contributed by atoms with van der Waals surface area (Å²) in [6.45, 7) is 2.88. The van der Waals surface area contributed by atoms with Gasteiger partial charge in [0.1, 0.15) is 0 Å². The molecule has 3 nitrogen and oxygen atoms in total. The van der Waals surface area contributed by atoms with Gasteiger partial charge in [-0.1, -0.05) is 18.5 Å². The molecular formula is C16H17ClN2OS. The van der Waals surface area contributed by atoms with Crippen LogP contribution in [0.4, 0.5) is 5.69 Å². The van der Waals surface area contributed by atoms with Gasteiger partial charge in [-0.15, -0.1) is 11.3 Å². The summed E-state index contributed by atoms with van der Waals surface area (Å²) in [5, 5.41) is 2.55. The van der Waals surface area contributed by atoms with Crippen LogP contribution in [0.5, 0.6) is 0 Å². The van der Waals surface area contributed by atoms with Gasteiger partial charge >= 0.3 is 0 Å². The monoisotopic (exact) mass is 320 g/mol. The van der Waals surface area contributed by atoms with Crippen molar-refractivity contribution < 1.29 is 4.79 Å². The first-order chi connectivity index (χ1) is 10.1. The Labute approximate surface area is 133 Å². The van der Waals surface area contributed by atoms with Crippen LogP contribution in [0.2, 0.25) is 5.02 Å². The van der Waals surface area contributed by atoms with E-state index in [9.17, 15) is 4.79 Å². The van der Waals surface area contributed by atoms with Gasteiger partial charge < -0.3 is 10.6 Å². The molecule has 21 heavy (non-hydrogen) atoms. The molecule has 0 radical (unpaired) electrons. The van der Waals surface area contributed by atoms with Crippen LogP contribution in [0.1, 0.15) is 40.2 Å². The van der Waals surface area contributed by atoms with E-state index in [-0.39, 0.29) is 11.9 Å². The van der Waals surface area contributed by atoms with E-state index in [1.54, 1.807) is 29.5 Å². The van der Waals surface area contributed by atoms with Crippen molar-refractivity contribution in [2.24, 2.45) is 0 Å². The number of fused-ring (bicyclic) bond motifs is 1. The highest BCUT2D eigenvalue weighted by atomic mass is 35.5. The molecule has 0 fully saturated rings. The molecule has 0 aliphatic carbocycles. The van der Waals surface area contributed by atoms with Gasteiger partial charge in [0.15, 0.2) is 0 Å². The lowest BCUT2D eigenvalue weighted by molar-refractivity contribution is 0.0657. The number of benzene rings is 1. The van der Waals surface area contributed by atoms with E-state index >= 15 is 0 Å². The largest absolute Gasteiger partial charge is 0.398 e. The molecule has 2 aromatic rings. The van der Waals surface area contributed by atoms with Gasteiger partial charge in [0, 0.05) is 17.0 Å². The van der Waals surface area contributed by atoms with E-state index in [0.717, 1.165) is 19.4 Å². The molecule has 0 saturated carbocycles. The fraction of sp³-hybridized carbons (Fsp3) is 0.312. The lowest BCUT2D eigenvalue weighted by Crippen LogP contribution is -2.39. The predicted octanol–water partition coefficient (Wildman–Crippen LogP) is 4.13. The Balaban J connectivity index is 1.92. The zero-order valence-corrected chi connectivity index (χ0v) is 13.4. The van der Waals surface area contributed by atoms with Crippen molar-refractivity contribution in [1.82, 2.24) is 4.90 Å². The fourth-order valence-corrected chi connectivity index (χ4v) is 4.01. The lowest BCUT2D eigenvalue weighted by Gasteiger charge is -2.35. The average Bonchev–Trinajstić information content (AvgIpc) is 2.96. The van der Waals surface area contributed by atoms with Crippen LogP contribution in [0.15, 0.2) is 29.6 Å². The van der Waals surface area contributed by atoms with Crippen molar-refractivity contribution in [3.8, 4) is 0 Å². The highest BCUT2D eigenvalue weighted by Crippen LogP contribution is 2.36. The lowest BCUT2D eigenvalue weighted by atomic mass is 9.97. The highest BCUT2D eigenvalue weighted by molar-refractivity contribution is 7.10. The predicted molar refractivity (Wildman–Crippen MR) is 88.0 cm³/mol. The third kappa shape index (κ3) is 2.54. The maximum atomic E-state index is 12.8. The van der Waals surface area contributed by atoms with Gasteiger partial charge in [-0.05, 0) is 48.1 Å². The third-order valence-corrected chi connectivity index (χ3v) is 5.31. The summed E-state index contributed by atoms with van der Waals surface area (Å²) in [4.78, 5) is 16.2. The molecule has 1 aromatic carbocycles. The number of nitrogens with zero attached hydrogens (tertiary/aromatic N) is 1. The van der Waals surface area contributed by atoms with E-state index in [2.05, 4.69) is 18.4 Å². The molecule has 3 rings (SSSR count). The molecular weight excluding hydrogens is 304 g/mol. The zero-order chi connectivity index (χ0) is 15.0. The second-order valence-electron chi connectivity index (χ2n) is 5.21. The molecule has 110 valence electrons. The first-order valence-corrected chi connectivity index (χ1v) is 8.29. The Hall–Kier alpha value is -1.52. The minimum atomic E-state index is 0.0283. The number of halogens is 1. The standard InChI is InChI=1S/C16H17ClN2OS/c1-2-14-11-6-8-21-15(11)5-7-19(14)16(20)10-3-4-13(18)12(17)9-10/h3-4,6,8-9,14H,2,5,7,18H2,1H3. The van der Waals surface area contributed by atoms with Gasteiger partial charge in [-0.25, -0.2) is 0 Å². The van der Waals surface area contributed by atoms with Gasteiger partial charge in [0.05, 0.1) is 16.8 Å². The molecule has 1 unspecified atom stereocenters. The number of rotatable bonds is 2. The second kappa shape index (κ2) is 5.70. The molecule has 1 aromatic heterocycles. The van der Waals surface area contributed by atoms with E-state index in [0.29, 0.717) is 16.3 Å². The van der Waals surface area contributed by atoms with E-state index in [4.69, 9.17) is 17.3 Å². The summed E-state index contributed by atoms with van der Waals surface area (Å²) in [6, 6.07) is 7.40. The SMILES string of the molecule is CCC1c2ccsc2CCN1C(=O)c1ccc(N)c(Cl)c1. The Morgan fingerprint density at radius 3 is 3.00 bits per heavy atom. The topological polar surface area (TPSA) is 46.3 Å². The molecule has 0 spiro atoms. The van der Waals surface area contributed by atoms with Crippen molar-refractivity contribution in [3.05, 3.63) is 50.7 Å². The average molecular weight is 321 g/mol. The van der Waals surface area contributed by atoms with Crippen LogP contribution in [-0.4, -0.2) is 17.4 Å². The van der Waals surface area contributed by atoms with Crippen molar-refractivity contribution in [3.63, 3.8) is 0 Å². The molecule has 2 N–H and O–H groups in total. The summed E-state index contributed by atoms with van der Waals surface area (Å²) < 4.78 is 0. The summed E-state index contributed by atoms with van der Waals surface area (Å²) in [7, 11) is 0. The number of nitrogens with two attached hydrogens (primary N) is 1. The number of carbonyl (C=O) groups is 1. The van der Waals surface area contributed by atoms with E-state index in [1.807, 2.05) is 4.90 Å². The Morgan fingerprint density at radius 1 is 1.48 bits per heavy atom. The van der Waals surface area contributed by atoms with Crippen LogP contribution in [-0.2, 0) is 6.42 Å². The quantitative estimate of drug-likeness (QED) is 0.845. The number of hydrogen-bond acceptors (Lipinski definition) is 3. The number of anilines is 1. The summed E-state index contributed by atoms with van der Waals surface area (Å²) in [5.74, 6) is 0.0283. The van der Waals surface area contributed by atoms with E-state index < -0.39 is 0 Å². The van der Waals surface area contributed by atoms with E-state index in [1.165, 1.54) is 10.4 Å². The highest BCUT2D eigenvalue weighted by Gasteiger charge is 2.30. The van der Waals surface area contributed by atoms with Crippen LogP contribution >= 0.6 is 22.9 Å². The van der Waals surface area contributed by atoms with Crippen molar-refractivity contribution >= 4 is 34.5 Å². The second-order valence-corrected chi connectivity index (χ2v) is 6.62. The Morgan fingerprint density at radius 2 is 2.29 bits per heavy atom. The van der Waals surface area contributed by atoms with Crippen molar-refractivity contribution in [1.29, 1.82) is 0 Å². The molecule has 0 bridgehead atoms. The summed E-state index contributed by atoms with van der Waals surface area (Å²) in [6.07, 6.45) is 1.84. The fourth-order valence-electron chi connectivity index (χ4n) is 2.91. The van der Waals surface area contributed by atoms with Crippen molar-refractivity contribution in [2.45, 2.75) is 25.8 Å². The first kappa shape index (κ1) is 14.4. The third-order valence-electron chi connectivity index (χ3n) is 3.99. The first-order valence-electron chi connectivity index (χ1n) is 7.04. The van der Waals surface area contributed by atoms with Gasteiger partial charge in [-0.2, -0.15) is 0 Å². The Kier molecular flexibility index (Phi) is 3.91. The molecule has 1 aliphatic rings. The van der Waals surface area contributed by atoms with Gasteiger partial charge in [-0.3, -0.25) is 4.79 Å². The molecule has 1 amide bonds. The minimum Gasteiger partial charge on any atom is -0.398 e. The van der Waals surface area contributed by atoms with Gasteiger partial charge in [0.25, 0.3) is 5.91 Å². The number of nitrogen functional groups attached to an aromatic ring is 1. The number of hydrogen-bond donors (Lipinski definition) is 1. The minimum absolute atomic E-state index is 0.0283. The van der Waals surface area contributed by atoms with Gasteiger partial charge in [0.2, 0.25) is 0 Å². The van der Waals surface area contributed by atoms with Crippen molar-refractivity contribution in [2.75, 3.05) is 12.3 Å². The summed E-state index contributed by atoms with van der Waals surface area (Å²) in [5.41, 5.74) is 8.11. The molecule has 1 aliphatic heterocycles. The summed E-state index contributed by atoms with van der Waals surface area (Å²) >= 11 is 7.82. The number of thiophene rings is 1. The number of amides is 1. The molecule has 5 heteroatoms. The molecule has 0 saturated heterocycles. The maximum Gasteiger partial charge on any atom is 0.254 e. The van der Waals surface area contributed by atoms with Crippen LogP contribution in [0, 0.1) is 0 Å². The van der Waals surface area contributed by atoms with Crippen LogP contribution < -0.4 is 5.73 Å². The maximum absolute atomic E-state index is 12.8. The van der Waals surface area contributed by atoms with Crippen LogP contribution in [0.25, 0.3) is 0 Å².